The van der Waals surface area contributed by atoms with Gasteiger partial charge < -0.3 is 20.7 Å². The average molecular weight is 348 g/mol. The second kappa shape index (κ2) is 8.55. The second-order valence-electron chi connectivity index (χ2n) is 7.17. The Labute approximate surface area is 147 Å². The van der Waals surface area contributed by atoms with Gasteiger partial charge in [0.1, 0.15) is 0 Å². The summed E-state index contributed by atoms with van der Waals surface area (Å²) >= 11 is 0. The van der Waals surface area contributed by atoms with Gasteiger partial charge >= 0.3 is 0 Å². The van der Waals surface area contributed by atoms with Gasteiger partial charge in [0.25, 0.3) is 0 Å². The van der Waals surface area contributed by atoms with Crippen LogP contribution in [0.2, 0.25) is 0 Å². The van der Waals surface area contributed by atoms with Gasteiger partial charge in [-0.15, -0.1) is 0 Å². The van der Waals surface area contributed by atoms with Crippen molar-refractivity contribution >= 4 is 11.8 Å². The Bertz CT molecular complexity index is 656. The number of nitrogens with zero attached hydrogens (tertiary/aromatic N) is 2. The predicted molar refractivity (Wildman–Crippen MR) is 94.8 cm³/mol. The SMILES string of the molecule is Cn1cc(CCNC(=O)CC(C)(C)CC(=O)NCCc2cnc[nH]2)[nH]1. The molecule has 0 aromatic carbocycles. The molecule has 0 aliphatic rings. The molecular formula is C17H28N6O2. The van der Waals surface area contributed by atoms with Gasteiger partial charge in [-0.2, -0.15) is 0 Å². The number of rotatable bonds is 10. The average Bonchev–Trinajstić information content (AvgIpc) is 2.97. The first-order valence-corrected chi connectivity index (χ1v) is 8.55. The fourth-order valence-corrected chi connectivity index (χ4v) is 2.73. The van der Waals surface area contributed by atoms with E-state index < -0.39 is 0 Å². The predicted octanol–water partition coefficient (Wildman–Crippen LogP) is 0.900. The molecule has 2 aromatic heterocycles. The summed E-state index contributed by atoms with van der Waals surface area (Å²) in [5, 5.41) is 8.90. The molecule has 0 bridgehead atoms. The topological polar surface area (TPSA) is 108 Å². The molecule has 0 saturated carbocycles. The summed E-state index contributed by atoms with van der Waals surface area (Å²) in [4.78, 5) is 31.1. The number of H-pyrrole nitrogens is 2. The molecule has 138 valence electrons. The lowest BCUT2D eigenvalue weighted by Gasteiger charge is -2.23. The largest absolute Gasteiger partial charge is 0.356 e. The third kappa shape index (κ3) is 6.86. The lowest BCUT2D eigenvalue weighted by Crippen LogP contribution is -2.35. The second-order valence-corrected chi connectivity index (χ2v) is 7.17. The normalized spacial score (nSPS) is 11.5. The maximum absolute atomic E-state index is 12.1. The van der Waals surface area contributed by atoms with Gasteiger partial charge in [0, 0.05) is 63.9 Å². The molecule has 2 heterocycles. The molecular weight excluding hydrogens is 320 g/mol. The van der Waals surface area contributed by atoms with E-state index in [1.165, 1.54) is 0 Å². The zero-order chi connectivity index (χ0) is 18.3. The van der Waals surface area contributed by atoms with Crippen LogP contribution < -0.4 is 10.6 Å². The van der Waals surface area contributed by atoms with Crippen LogP contribution in [0.3, 0.4) is 0 Å². The van der Waals surface area contributed by atoms with Crippen molar-refractivity contribution in [3.8, 4) is 0 Å². The maximum atomic E-state index is 12.1. The van der Waals surface area contributed by atoms with Crippen molar-refractivity contribution in [3.05, 3.63) is 30.1 Å². The minimum absolute atomic E-state index is 0.0245. The van der Waals surface area contributed by atoms with Gasteiger partial charge in [-0.05, 0) is 5.41 Å². The highest BCUT2D eigenvalue weighted by atomic mass is 16.2. The van der Waals surface area contributed by atoms with Gasteiger partial charge in [0.15, 0.2) is 0 Å². The Hall–Kier alpha value is -2.51. The highest BCUT2D eigenvalue weighted by Crippen LogP contribution is 2.24. The Morgan fingerprint density at radius 1 is 1.12 bits per heavy atom. The molecule has 0 radical (unpaired) electrons. The third-order valence-corrected chi connectivity index (χ3v) is 3.94. The molecule has 2 amide bonds. The van der Waals surface area contributed by atoms with Crippen molar-refractivity contribution in [1.82, 2.24) is 30.4 Å². The van der Waals surface area contributed by atoms with E-state index in [-0.39, 0.29) is 17.2 Å². The van der Waals surface area contributed by atoms with Gasteiger partial charge in [-0.1, -0.05) is 13.8 Å². The van der Waals surface area contributed by atoms with Crippen LogP contribution in [-0.4, -0.2) is 44.7 Å². The molecule has 4 N–H and O–H groups in total. The molecule has 8 heteroatoms. The summed E-state index contributed by atoms with van der Waals surface area (Å²) < 4.78 is 1.87. The zero-order valence-corrected chi connectivity index (χ0v) is 15.2. The van der Waals surface area contributed by atoms with Crippen LogP contribution in [0.25, 0.3) is 0 Å². The van der Waals surface area contributed by atoms with Gasteiger partial charge in [0.05, 0.1) is 12.0 Å². The van der Waals surface area contributed by atoms with Crippen molar-refractivity contribution in [2.24, 2.45) is 12.5 Å². The number of aromatic nitrogens is 4. The van der Waals surface area contributed by atoms with Crippen molar-refractivity contribution < 1.29 is 9.59 Å². The van der Waals surface area contributed by atoms with E-state index >= 15 is 0 Å². The Morgan fingerprint density at radius 3 is 2.16 bits per heavy atom. The lowest BCUT2D eigenvalue weighted by atomic mass is 9.85. The Kier molecular flexibility index (Phi) is 6.44. The van der Waals surface area contributed by atoms with Crippen molar-refractivity contribution in [1.29, 1.82) is 0 Å². The minimum atomic E-state index is -0.379. The summed E-state index contributed by atoms with van der Waals surface area (Å²) in [5.74, 6) is -0.0623. The summed E-state index contributed by atoms with van der Waals surface area (Å²) in [7, 11) is 1.92. The molecule has 0 unspecified atom stereocenters. The molecule has 0 spiro atoms. The van der Waals surface area contributed by atoms with Gasteiger partial charge in [0.2, 0.25) is 11.8 Å². The van der Waals surface area contributed by atoms with Crippen molar-refractivity contribution in [2.75, 3.05) is 13.1 Å². The van der Waals surface area contributed by atoms with E-state index in [0.717, 1.165) is 17.8 Å². The molecule has 0 aliphatic heterocycles. The quantitative estimate of drug-likeness (QED) is 0.512. The number of aryl methyl sites for hydroxylation is 1. The standard InChI is InChI=1S/C17H28N6O2/c1-17(2,8-15(24)19-6-4-13-10-18-12-21-13)9-16(25)20-7-5-14-11-23(3)22-14/h10-12,22H,4-9H2,1-3H3,(H,18,21)(H,19,24)(H,20,25). The number of nitrogens with one attached hydrogen (secondary N) is 4. The molecule has 0 fully saturated rings. The van der Waals surface area contributed by atoms with Gasteiger partial charge in [-0.25, -0.2) is 4.98 Å². The van der Waals surface area contributed by atoms with E-state index in [1.54, 1.807) is 12.5 Å². The zero-order valence-electron chi connectivity index (χ0n) is 15.2. The lowest BCUT2D eigenvalue weighted by molar-refractivity contribution is -0.125. The smallest absolute Gasteiger partial charge is 0.220 e. The number of carbonyl (C=O) groups excluding carboxylic acids is 2. The van der Waals surface area contributed by atoms with Crippen LogP contribution in [0, 0.1) is 5.41 Å². The van der Waals surface area contributed by atoms with Crippen LogP contribution in [0.1, 0.15) is 38.1 Å². The first-order valence-electron chi connectivity index (χ1n) is 8.55. The van der Waals surface area contributed by atoms with Crippen molar-refractivity contribution in [3.63, 3.8) is 0 Å². The van der Waals surface area contributed by atoms with Crippen molar-refractivity contribution in [2.45, 2.75) is 39.5 Å². The number of hydrogen-bond donors (Lipinski definition) is 4. The highest BCUT2D eigenvalue weighted by molar-refractivity contribution is 5.80. The third-order valence-electron chi connectivity index (χ3n) is 3.94. The molecule has 2 rings (SSSR count). The van der Waals surface area contributed by atoms with E-state index in [2.05, 4.69) is 25.7 Å². The van der Waals surface area contributed by atoms with E-state index in [4.69, 9.17) is 0 Å². The Morgan fingerprint density at radius 2 is 1.68 bits per heavy atom. The first kappa shape index (κ1) is 18.8. The molecule has 8 nitrogen and oxygen atoms in total. The van der Waals surface area contributed by atoms with Gasteiger partial charge in [-0.3, -0.25) is 14.3 Å². The molecule has 2 aromatic rings. The molecule has 25 heavy (non-hydrogen) atoms. The molecule has 0 atom stereocenters. The number of hydrogen-bond acceptors (Lipinski definition) is 3. The molecule has 0 aliphatic carbocycles. The Balaban J connectivity index is 1.61. The maximum Gasteiger partial charge on any atom is 0.220 e. The summed E-state index contributed by atoms with van der Waals surface area (Å²) in [5.41, 5.74) is 1.72. The summed E-state index contributed by atoms with van der Waals surface area (Å²) in [6.45, 7) is 5.02. The van der Waals surface area contributed by atoms with E-state index in [0.29, 0.717) is 32.4 Å². The fraction of sp³-hybridized carbons (Fsp3) is 0.588. The number of imidazole rings is 1. The number of carbonyl (C=O) groups is 2. The first-order chi connectivity index (χ1) is 11.8. The number of amides is 2. The highest BCUT2D eigenvalue weighted by Gasteiger charge is 2.25. The fourth-order valence-electron chi connectivity index (χ4n) is 2.73. The number of aromatic amines is 2. The minimum Gasteiger partial charge on any atom is -0.356 e. The molecule has 0 saturated heterocycles. The van der Waals surface area contributed by atoms with E-state index in [1.807, 2.05) is 31.8 Å². The summed E-state index contributed by atoms with van der Waals surface area (Å²) in [6.07, 6.45) is 7.50. The monoisotopic (exact) mass is 348 g/mol. The van der Waals surface area contributed by atoms with Crippen LogP contribution in [0.5, 0.6) is 0 Å². The van der Waals surface area contributed by atoms with E-state index in [9.17, 15) is 9.59 Å². The summed E-state index contributed by atoms with van der Waals surface area (Å²) in [6, 6.07) is 0. The van der Waals surface area contributed by atoms with Crippen LogP contribution in [0.4, 0.5) is 0 Å². The van der Waals surface area contributed by atoms with Crippen LogP contribution >= 0.6 is 0 Å². The van der Waals surface area contributed by atoms with Crippen LogP contribution in [0.15, 0.2) is 18.7 Å². The van der Waals surface area contributed by atoms with Crippen LogP contribution in [-0.2, 0) is 29.5 Å².